The van der Waals surface area contributed by atoms with E-state index >= 15 is 0 Å². The topological polar surface area (TPSA) is 37.4 Å². The van der Waals surface area contributed by atoms with Crippen molar-refractivity contribution in [2.24, 2.45) is 5.92 Å². The molecule has 0 radical (unpaired) electrons. The third-order valence-corrected chi connectivity index (χ3v) is 3.56. The predicted octanol–water partition coefficient (Wildman–Crippen LogP) is 2.37. The number of likely N-dealkylation sites (tertiary alicyclic amines) is 1. The van der Waals surface area contributed by atoms with Gasteiger partial charge in [0.25, 0.3) is 0 Å². The van der Waals surface area contributed by atoms with Crippen LogP contribution >= 0.6 is 0 Å². The number of methoxy groups -OCH3 is 1. The Hall–Kier alpha value is -1.13. The second-order valence-electron chi connectivity index (χ2n) is 5.24. The summed E-state index contributed by atoms with van der Waals surface area (Å²) in [5.41, 5.74) is 1.15. The number of aromatic nitrogens is 1. The van der Waals surface area contributed by atoms with Crippen LogP contribution in [0.5, 0.6) is 0 Å². The van der Waals surface area contributed by atoms with Crippen LogP contribution < -0.4 is 5.32 Å². The van der Waals surface area contributed by atoms with Crippen LogP contribution in [0.3, 0.4) is 0 Å². The minimum absolute atomic E-state index is 0.677. The van der Waals surface area contributed by atoms with Crippen LogP contribution in [0.15, 0.2) is 18.2 Å². The molecule has 1 fully saturated rings. The highest BCUT2D eigenvalue weighted by Gasteiger charge is 2.20. The molecule has 0 aromatic carbocycles. The van der Waals surface area contributed by atoms with Gasteiger partial charge in [-0.15, -0.1) is 0 Å². The van der Waals surface area contributed by atoms with Crippen molar-refractivity contribution in [1.82, 2.24) is 9.88 Å². The normalized spacial score (nSPS) is 20.4. The zero-order valence-electron chi connectivity index (χ0n) is 12.1. The van der Waals surface area contributed by atoms with E-state index in [0.717, 1.165) is 37.8 Å². The molecular formula is C15H25N3O. The number of piperidine rings is 1. The van der Waals surface area contributed by atoms with Crippen molar-refractivity contribution < 1.29 is 4.74 Å². The average molecular weight is 263 g/mol. The summed E-state index contributed by atoms with van der Waals surface area (Å²) in [4.78, 5) is 7.13. The zero-order chi connectivity index (χ0) is 13.5. The van der Waals surface area contributed by atoms with Gasteiger partial charge < -0.3 is 10.1 Å². The highest BCUT2D eigenvalue weighted by atomic mass is 16.5. The second-order valence-corrected chi connectivity index (χ2v) is 5.24. The summed E-state index contributed by atoms with van der Waals surface area (Å²) < 4.78 is 5.28. The van der Waals surface area contributed by atoms with Crippen molar-refractivity contribution in [2.75, 3.05) is 38.7 Å². The summed E-state index contributed by atoms with van der Waals surface area (Å²) in [6, 6.07) is 6.22. The average Bonchev–Trinajstić information content (AvgIpc) is 2.40. The number of nitrogens with zero attached hydrogens (tertiary/aromatic N) is 2. The van der Waals surface area contributed by atoms with Gasteiger partial charge in [-0.05, 0) is 44.4 Å². The summed E-state index contributed by atoms with van der Waals surface area (Å²) in [6.07, 6.45) is 2.55. The molecule has 1 N–H and O–H groups in total. The van der Waals surface area contributed by atoms with Crippen LogP contribution in [0.1, 0.15) is 25.5 Å². The molecule has 1 saturated heterocycles. The smallest absolute Gasteiger partial charge is 0.126 e. The Bertz CT molecular complexity index is 381. The largest absolute Gasteiger partial charge is 0.384 e. The first-order chi connectivity index (χ1) is 9.31. The van der Waals surface area contributed by atoms with E-state index < -0.39 is 0 Å². The predicted molar refractivity (Wildman–Crippen MR) is 78.3 cm³/mol. The molecule has 106 valence electrons. The fourth-order valence-electron chi connectivity index (χ4n) is 2.74. The summed E-state index contributed by atoms with van der Waals surface area (Å²) in [5.74, 6) is 1.65. The number of pyridine rings is 1. The minimum Gasteiger partial charge on any atom is -0.384 e. The van der Waals surface area contributed by atoms with E-state index in [2.05, 4.69) is 34.3 Å². The van der Waals surface area contributed by atoms with Crippen LogP contribution in [0.2, 0.25) is 0 Å². The first-order valence-corrected chi connectivity index (χ1v) is 7.23. The summed E-state index contributed by atoms with van der Waals surface area (Å²) in [6.45, 7) is 7.12. The molecular weight excluding hydrogens is 238 g/mol. The van der Waals surface area contributed by atoms with E-state index in [-0.39, 0.29) is 0 Å². The third kappa shape index (κ3) is 4.48. The molecule has 2 rings (SSSR count). The molecule has 1 atom stereocenters. The molecule has 1 aromatic rings. The first-order valence-electron chi connectivity index (χ1n) is 7.23. The summed E-state index contributed by atoms with van der Waals surface area (Å²) in [7, 11) is 1.79. The molecule has 0 spiro atoms. The van der Waals surface area contributed by atoms with E-state index in [0.29, 0.717) is 5.92 Å². The van der Waals surface area contributed by atoms with Gasteiger partial charge in [0.1, 0.15) is 5.82 Å². The van der Waals surface area contributed by atoms with Crippen LogP contribution in [0, 0.1) is 5.92 Å². The van der Waals surface area contributed by atoms with Crippen LogP contribution in [0.4, 0.5) is 5.82 Å². The summed E-state index contributed by atoms with van der Waals surface area (Å²) >= 11 is 0. The zero-order valence-corrected chi connectivity index (χ0v) is 12.1. The highest BCUT2D eigenvalue weighted by molar-refractivity contribution is 5.34. The van der Waals surface area contributed by atoms with E-state index in [1.54, 1.807) is 7.11 Å². The van der Waals surface area contributed by atoms with Crippen molar-refractivity contribution in [1.29, 1.82) is 0 Å². The van der Waals surface area contributed by atoms with Gasteiger partial charge in [0.15, 0.2) is 0 Å². The van der Waals surface area contributed by atoms with Crippen molar-refractivity contribution in [2.45, 2.75) is 26.3 Å². The number of anilines is 1. The van der Waals surface area contributed by atoms with Gasteiger partial charge in [0.2, 0.25) is 0 Å². The van der Waals surface area contributed by atoms with Gasteiger partial charge in [0.05, 0.1) is 12.3 Å². The van der Waals surface area contributed by atoms with Gasteiger partial charge in [-0.1, -0.05) is 6.07 Å². The van der Waals surface area contributed by atoms with E-state index in [4.69, 9.17) is 4.74 Å². The van der Waals surface area contributed by atoms with Crippen molar-refractivity contribution in [3.63, 3.8) is 0 Å². The molecule has 2 heterocycles. The van der Waals surface area contributed by atoms with Crippen molar-refractivity contribution in [3.8, 4) is 0 Å². The second kappa shape index (κ2) is 7.46. The fourth-order valence-corrected chi connectivity index (χ4v) is 2.74. The highest BCUT2D eigenvalue weighted by Crippen LogP contribution is 2.18. The lowest BCUT2D eigenvalue weighted by molar-refractivity contribution is 0.0868. The Morgan fingerprint density at radius 3 is 3.16 bits per heavy atom. The quantitative estimate of drug-likeness (QED) is 0.855. The van der Waals surface area contributed by atoms with Gasteiger partial charge >= 0.3 is 0 Å². The van der Waals surface area contributed by atoms with Gasteiger partial charge in [-0.25, -0.2) is 4.98 Å². The Morgan fingerprint density at radius 2 is 2.37 bits per heavy atom. The van der Waals surface area contributed by atoms with Crippen molar-refractivity contribution >= 4 is 5.82 Å². The lowest BCUT2D eigenvalue weighted by Gasteiger charge is -2.32. The monoisotopic (exact) mass is 263 g/mol. The summed E-state index contributed by atoms with van der Waals surface area (Å²) in [5, 5.41) is 3.26. The minimum atomic E-state index is 0.677. The van der Waals surface area contributed by atoms with Crippen molar-refractivity contribution in [3.05, 3.63) is 23.9 Å². The number of hydrogen-bond acceptors (Lipinski definition) is 4. The van der Waals surface area contributed by atoms with E-state index in [1.807, 2.05) is 6.07 Å². The molecule has 1 aliphatic rings. The Balaban J connectivity index is 1.90. The maximum absolute atomic E-state index is 5.28. The van der Waals surface area contributed by atoms with Gasteiger partial charge in [0, 0.05) is 26.7 Å². The SMILES string of the molecule is CCNc1cccc(CN2CCCC(COC)C2)n1. The molecule has 1 aromatic heterocycles. The molecule has 0 bridgehead atoms. The molecule has 0 amide bonds. The van der Waals surface area contributed by atoms with Gasteiger partial charge in [-0.2, -0.15) is 0 Å². The van der Waals surface area contributed by atoms with Crippen LogP contribution in [0.25, 0.3) is 0 Å². The van der Waals surface area contributed by atoms with E-state index in [9.17, 15) is 0 Å². The Labute approximate surface area is 116 Å². The molecule has 1 aliphatic heterocycles. The molecule has 0 saturated carbocycles. The number of ether oxygens (including phenoxy) is 1. The lowest BCUT2D eigenvalue weighted by Crippen LogP contribution is -2.36. The third-order valence-electron chi connectivity index (χ3n) is 3.56. The Morgan fingerprint density at radius 1 is 1.47 bits per heavy atom. The van der Waals surface area contributed by atoms with Crippen LogP contribution in [-0.4, -0.2) is 43.2 Å². The van der Waals surface area contributed by atoms with Crippen LogP contribution in [-0.2, 0) is 11.3 Å². The standard InChI is InChI=1S/C15H25N3O/c1-3-16-15-8-4-7-14(17-15)11-18-9-5-6-13(10-18)12-19-2/h4,7-8,13H,3,5-6,9-12H2,1-2H3,(H,16,17). The van der Waals surface area contributed by atoms with E-state index in [1.165, 1.54) is 19.4 Å². The number of nitrogens with one attached hydrogen (secondary N) is 1. The number of rotatable bonds is 6. The lowest BCUT2D eigenvalue weighted by atomic mass is 9.99. The molecule has 0 aliphatic carbocycles. The molecule has 19 heavy (non-hydrogen) atoms. The Kier molecular flexibility index (Phi) is 5.61. The molecule has 4 heteroatoms. The molecule has 1 unspecified atom stereocenters. The maximum atomic E-state index is 5.28. The number of hydrogen-bond donors (Lipinski definition) is 1. The fraction of sp³-hybridized carbons (Fsp3) is 0.667. The maximum Gasteiger partial charge on any atom is 0.126 e. The van der Waals surface area contributed by atoms with Gasteiger partial charge in [-0.3, -0.25) is 4.90 Å². The first kappa shape index (κ1) is 14.3. The molecule has 4 nitrogen and oxygen atoms in total.